The van der Waals surface area contributed by atoms with Crippen LogP contribution in [0, 0.1) is 0 Å². The van der Waals surface area contributed by atoms with Crippen LogP contribution in [-0.4, -0.2) is 10.8 Å². The Morgan fingerprint density at radius 1 is 1.17 bits per heavy atom. The van der Waals surface area contributed by atoms with E-state index in [1.807, 2.05) is 44.2 Å². The number of anilines is 1. The first-order chi connectivity index (χ1) is 8.66. The van der Waals surface area contributed by atoms with Gasteiger partial charge in [0.15, 0.2) is 5.78 Å². The van der Waals surface area contributed by atoms with Crippen molar-refractivity contribution in [1.29, 1.82) is 0 Å². The number of carbonyl (C=O) groups excluding carboxylic acids is 1. The van der Waals surface area contributed by atoms with E-state index in [2.05, 4.69) is 4.98 Å². The van der Waals surface area contributed by atoms with Crippen LogP contribution in [0.25, 0.3) is 11.3 Å². The van der Waals surface area contributed by atoms with Gasteiger partial charge in [-0.1, -0.05) is 26.0 Å². The molecule has 0 saturated carbocycles. The topological polar surface area (TPSA) is 56.0 Å². The molecule has 0 saturated heterocycles. The molecule has 0 aliphatic carbocycles. The molecule has 2 aromatic rings. The van der Waals surface area contributed by atoms with Crippen LogP contribution in [0.15, 0.2) is 42.6 Å². The minimum Gasteiger partial charge on any atom is -0.399 e. The number of benzene rings is 1. The molecule has 0 aliphatic heterocycles. The lowest BCUT2D eigenvalue weighted by Crippen LogP contribution is -1.94. The van der Waals surface area contributed by atoms with E-state index in [4.69, 9.17) is 5.73 Å². The second kappa shape index (κ2) is 6.55. The average molecular weight is 242 g/mol. The van der Waals surface area contributed by atoms with Gasteiger partial charge < -0.3 is 5.73 Å². The maximum Gasteiger partial charge on any atom is 0.161 e. The maximum absolute atomic E-state index is 11.1. The Morgan fingerprint density at radius 2 is 1.89 bits per heavy atom. The smallest absolute Gasteiger partial charge is 0.161 e. The van der Waals surface area contributed by atoms with Crippen molar-refractivity contribution in [3.8, 4) is 11.3 Å². The van der Waals surface area contributed by atoms with Crippen molar-refractivity contribution in [2.24, 2.45) is 0 Å². The van der Waals surface area contributed by atoms with Gasteiger partial charge in [0, 0.05) is 23.0 Å². The third-order valence-electron chi connectivity index (χ3n) is 2.35. The molecule has 0 amide bonds. The molecule has 0 bridgehead atoms. The van der Waals surface area contributed by atoms with Crippen LogP contribution >= 0.6 is 0 Å². The first-order valence-corrected chi connectivity index (χ1v) is 6.00. The van der Waals surface area contributed by atoms with E-state index in [-0.39, 0.29) is 5.78 Å². The summed E-state index contributed by atoms with van der Waals surface area (Å²) in [4.78, 5) is 15.3. The molecule has 0 spiro atoms. The average Bonchev–Trinajstić information content (AvgIpc) is 2.41. The van der Waals surface area contributed by atoms with Crippen LogP contribution in [-0.2, 0) is 0 Å². The predicted octanol–water partition coefficient (Wildman–Crippen LogP) is 3.56. The standard InChI is InChI=1S/C13H12N2O.C2H6/c1-9(16)11-5-6-13(15-8-11)10-3-2-4-12(14)7-10;1-2/h2-8H,14H2,1H3;1-2H3. The third kappa shape index (κ3) is 3.42. The number of aromatic nitrogens is 1. The molecule has 0 atom stereocenters. The van der Waals surface area contributed by atoms with E-state index >= 15 is 0 Å². The number of carbonyl (C=O) groups is 1. The Balaban J connectivity index is 0.000000771. The molecule has 1 heterocycles. The molecule has 1 aromatic carbocycles. The van der Waals surface area contributed by atoms with Crippen LogP contribution in [0.4, 0.5) is 5.69 Å². The summed E-state index contributed by atoms with van der Waals surface area (Å²) in [5.41, 5.74) is 8.78. The molecule has 2 rings (SSSR count). The van der Waals surface area contributed by atoms with E-state index in [9.17, 15) is 4.79 Å². The molecule has 0 fully saturated rings. The molecule has 2 N–H and O–H groups in total. The van der Waals surface area contributed by atoms with Crippen molar-refractivity contribution in [3.05, 3.63) is 48.2 Å². The summed E-state index contributed by atoms with van der Waals surface area (Å²) >= 11 is 0. The van der Waals surface area contributed by atoms with Gasteiger partial charge in [0.1, 0.15) is 0 Å². The molecule has 0 aliphatic rings. The summed E-state index contributed by atoms with van der Waals surface area (Å²) in [6.45, 7) is 5.52. The largest absolute Gasteiger partial charge is 0.399 e. The summed E-state index contributed by atoms with van der Waals surface area (Å²) in [7, 11) is 0. The highest BCUT2D eigenvalue weighted by molar-refractivity contribution is 5.93. The van der Waals surface area contributed by atoms with Gasteiger partial charge in [-0.25, -0.2) is 0 Å². The van der Waals surface area contributed by atoms with Crippen molar-refractivity contribution < 1.29 is 4.79 Å². The van der Waals surface area contributed by atoms with Gasteiger partial charge >= 0.3 is 0 Å². The summed E-state index contributed by atoms with van der Waals surface area (Å²) in [5, 5.41) is 0. The number of nitrogen functional groups attached to an aromatic ring is 1. The second-order valence-electron chi connectivity index (χ2n) is 3.61. The zero-order valence-electron chi connectivity index (χ0n) is 11.0. The fourth-order valence-corrected chi connectivity index (χ4v) is 1.47. The molecule has 1 aromatic heterocycles. The highest BCUT2D eigenvalue weighted by Crippen LogP contribution is 2.19. The minimum absolute atomic E-state index is 0.0200. The zero-order chi connectivity index (χ0) is 13.5. The highest BCUT2D eigenvalue weighted by Gasteiger charge is 2.02. The van der Waals surface area contributed by atoms with Crippen molar-refractivity contribution in [1.82, 2.24) is 4.98 Å². The Labute approximate surface area is 108 Å². The lowest BCUT2D eigenvalue weighted by Gasteiger charge is -2.02. The van der Waals surface area contributed by atoms with Crippen LogP contribution in [0.2, 0.25) is 0 Å². The molecule has 94 valence electrons. The minimum atomic E-state index is 0.0200. The number of nitrogens with two attached hydrogens (primary N) is 1. The Kier molecular flexibility index (Phi) is 5.06. The second-order valence-corrected chi connectivity index (χ2v) is 3.61. The quantitative estimate of drug-likeness (QED) is 0.647. The van der Waals surface area contributed by atoms with Crippen molar-refractivity contribution >= 4 is 11.5 Å². The SMILES string of the molecule is CC.CC(=O)c1ccc(-c2cccc(N)c2)nc1. The number of pyridine rings is 1. The number of rotatable bonds is 2. The van der Waals surface area contributed by atoms with Crippen molar-refractivity contribution in [2.45, 2.75) is 20.8 Å². The highest BCUT2D eigenvalue weighted by atomic mass is 16.1. The van der Waals surface area contributed by atoms with Gasteiger partial charge in [-0.05, 0) is 31.2 Å². The van der Waals surface area contributed by atoms with Gasteiger partial charge in [0.2, 0.25) is 0 Å². The summed E-state index contributed by atoms with van der Waals surface area (Å²) < 4.78 is 0. The summed E-state index contributed by atoms with van der Waals surface area (Å²) in [5.74, 6) is 0.0200. The zero-order valence-corrected chi connectivity index (χ0v) is 11.0. The predicted molar refractivity (Wildman–Crippen MR) is 75.4 cm³/mol. The first kappa shape index (κ1) is 13.9. The monoisotopic (exact) mass is 242 g/mol. The number of Topliss-reactive ketones (excluding diaryl/α,β-unsaturated/α-hetero) is 1. The van der Waals surface area contributed by atoms with Crippen molar-refractivity contribution in [2.75, 3.05) is 5.73 Å². The molecular formula is C15H18N2O. The molecule has 3 nitrogen and oxygen atoms in total. The van der Waals surface area contributed by atoms with Crippen LogP contribution in [0.5, 0.6) is 0 Å². The fraction of sp³-hybridized carbons (Fsp3) is 0.200. The van der Waals surface area contributed by atoms with E-state index in [1.54, 1.807) is 12.3 Å². The van der Waals surface area contributed by atoms with E-state index in [0.717, 1.165) is 11.3 Å². The normalized spacial score (nSPS) is 9.28. The van der Waals surface area contributed by atoms with Gasteiger partial charge in [-0.3, -0.25) is 9.78 Å². The van der Waals surface area contributed by atoms with Gasteiger partial charge in [0.25, 0.3) is 0 Å². The van der Waals surface area contributed by atoms with E-state index < -0.39 is 0 Å². The number of ketones is 1. The fourth-order valence-electron chi connectivity index (χ4n) is 1.47. The van der Waals surface area contributed by atoms with Gasteiger partial charge in [0.05, 0.1) is 5.69 Å². The van der Waals surface area contributed by atoms with Crippen LogP contribution < -0.4 is 5.73 Å². The number of nitrogens with zero attached hydrogens (tertiary/aromatic N) is 1. The number of hydrogen-bond acceptors (Lipinski definition) is 3. The first-order valence-electron chi connectivity index (χ1n) is 6.00. The third-order valence-corrected chi connectivity index (χ3v) is 2.35. The Hall–Kier alpha value is -2.16. The molecular weight excluding hydrogens is 224 g/mol. The Morgan fingerprint density at radius 3 is 2.39 bits per heavy atom. The maximum atomic E-state index is 11.1. The van der Waals surface area contributed by atoms with E-state index in [0.29, 0.717) is 11.3 Å². The van der Waals surface area contributed by atoms with Crippen LogP contribution in [0.3, 0.4) is 0 Å². The molecule has 18 heavy (non-hydrogen) atoms. The van der Waals surface area contributed by atoms with Gasteiger partial charge in [-0.15, -0.1) is 0 Å². The lowest BCUT2D eigenvalue weighted by atomic mass is 10.1. The summed E-state index contributed by atoms with van der Waals surface area (Å²) in [6, 6.07) is 11.1. The molecule has 0 unspecified atom stereocenters. The molecule has 3 heteroatoms. The lowest BCUT2D eigenvalue weighted by molar-refractivity contribution is 0.101. The van der Waals surface area contributed by atoms with Crippen LogP contribution in [0.1, 0.15) is 31.1 Å². The Bertz CT molecular complexity index is 518. The number of hydrogen-bond donors (Lipinski definition) is 1. The summed E-state index contributed by atoms with van der Waals surface area (Å²) in [6.07, 6.45) is 1.58. The van der Waals surface area contributed by atoms with Crippen molar-refractivity contribution in [3.63, 3.8) is 0 Å². The molecule has 0 radical (unpaired) electrons. The van der Waals surface area contributed by atoms with Gasteiger partial charge in [-0.2, -0.15) is 0 Å². The van der Waals surface area contributed by atoms with E-state index in [1.165, 1.54) is 6.92 Å².